The van der Waals surface area contributed by atoms with E-state index in [1.165, 1.54) is 24.4 Å². The minimum atomic E-state index is -0.847. The SMILES string of the molecule is COc1ccc(/C(O)=C2/C(=O)C(=O)N(c3ncccn3)C2c2ccccc2)cc1. The highest BCUT2D eigenvalue weighted by Crippen LogP contribution is 2.40. The van der Waals surface area contributed by atoms with Crippen LogP contribution in [0.15, 0.2) is 78.6 Å². The highest BCUT2D eigenvalue weighted by atomic mass is 16.5. The molecule has 1 aliphatic heterocycles. The molecule has 144 valence electrons. The Kier molecular flexibility index (Phi) is 4.78. The van der Waals surface area contributed by atoms with Gasteiger partial charge in [-0.3, -0.25) is 14.5 Å². The number of rotatable bonds is 4. The normalized spacial score (nSPS) is 18.1. The molecule has 2 heterocycles. The molecule has 3 aromatic rings. The second-order valence-corrected chi connectivity index (χ2v) is 6.36. The second-order valence-electron chi connectivity index (χ2n) is 6.36. The molecule has 7 heteroatoms. The van der Waals surface area contributed by atoms with Gasteiger partial charge in [0.2, 0.25) is 5.95 Å². The van der Waals surface area contributed by atoms with Crippen LogP contribution < -0.4 is 9.64 Å². The fourth-order valence-electron chi connectivity index (χ4n) is 3.31. The maximum atomic E-state index is 12.9. The zero-order valence-corrected chi connectivity index (χ0v) is 15.5. The minimum absolute atomic E-state index is 0.0150. The average molecular weight is 387 g/mol. The van der Waals surface area contributed by atoms with Crippen molar-refractivity contribution in [3.8, 4) is 5.75 Å². The third-order valence-electron chi connectivity index (χ3n) is 4.69. The van der Waals surface area contributed by atoms with Gasteiger partial charge in [-0.1, -0.05) is 30.3 Å². The molecule has 2 aromatic carbocycles. The molecule has 0 radical (unpaired) electrons. The summed E-state index contributed by atoms with van der Waals surface area (Å²) in [4.78, 5) is 35.3. The number of ether oxygens (including phenoxy) is 1. The molecule has 0 saturated carbocycles. The molecule has 7 nitrogen and oxygen atoms in total. The Morgan fingerprint density at radius 3 is 2.24 bits per heavy atom. The Balaban J connectivity index is 1.91. The van der Waals surface area contributed by atoms with E-state index >= 15 is 0 Å². The third kappa shape index (κ3) is 3.23. The zero-order valence-electron chi connectivity index (χ0n) is 15.5. The number of benzene rings is 2. The largest absolute Gasteiger partial charge is 0.507 e. The monoisotopic (exact) mass is 387 g/mol. The number of methoxy groups -OCH3 is 1. The zero-order chi connectivity index (χ0) is 20.4. The Labute approximate surface area is 166 Å². The van der Waals surface area contributed by atoms with Crippen molar-refractivity contribution in [2.45, 2.75) is 6.04 Å². The van der Waals surface area contributed by atoms with E-state index in [1.54, 1.807) is 54.6 Å². The summed E-state index contributed by atoms with van der Waals surface area (Å²) < 4.78 is 5.13. The first-order valence-corrected chi connectivity index (χ1v) is 8.89. The Morgan fingerprint density at radius 2 is 1.62 bits per heavy atom. The van der Waals surface area contributed by atoms with Gasteiger partial charge in [0.1, 0.15) is 11.5 Å². The van der Waals surface area contributed by atoms with Crippen molar-refractivity contribution in [2.24, 2.45) is 0 Å². The molecular formula is C22H17N3O4. The van der Waals surface area contributed by atoms with Gasteiger partial charge < -0.3 is 9.84 Å². The van der Waals surface area contributed by atoms with Crippen LogP contribution in [0.3, 0.4) is 0 Å². The number of hydrogen-bond acceptors (Lipinski definition) is 6. The molecule has 4 rings (SSSR count). The number of ketones is 1. The van der Waals surface area contributed by atoms with E-state index in [4.69, 9.17) is 4.74 Å². The first-order valence-electron chi connectivity index (χ1n) is 8.89. The molecule has 0 bridgehead atoms. The van der Waals surface area contributed by atoms with E-state index in [-0.39, 0.29) is 17.3 Å². The van der Waals surface area contributed by atoms with Gasteiger partial charge in [-0.2, -0.15) is 0 Å². The van der Waals surface area contributed by atoms with Gasteiger partial charge in [-0.25, -0.2) is 9.97 Å². The van der Waals surface area contributed by atoms with Crippen LogP contribution in [0.4, 0.5) is 5.95 Å². The number of aliphatic hydroxyl groups is 1. The minimum Gasteiger partial charge on any atom is -0.507 e. The standard InChI is InChI=1S/C22H17N3O4/c1-29-16-10-8-15(9-11-16)19(26)17-18(14-6-3-2-4-7-14)25(21(28)20(17)27)22-23-12-5-13-24-22/h2-13,18,26H,1H3/b19-17-. The smallest absolute Gasteiger partial charge is 0.302 e. The average Bonchev–Trinajstić information content (AvgIpc) is 3.05. The van der Waals surface area contributed by atoms with Crippen LogP contribution in [0.5, 0.6) is 5.75 Å². The summed E-state index contributed by atoms with van der Waals surface area (Å²) in [6.45, 7) is 0. The van der Waals surface area contributed by atoms with E-state index in [1.807, 2.05) is 6.07 Å². The Morgan fingerprint density at radius 1 is 0.966 bits per heavy atom. The van der Waals surface area contributed by atoms with Crippen molar-refractivity contribution in [1.82, 2.24) is 9.97 Å². The molecule has 1 unspecified atom stereocenters. The lowest BCUT2D eigenvalue weighted by molar-refractivity contribution is -0.132. The molecule has 1 atom stereocenters. The molecule has 29 heavy (non-hydrogen) atoms. The van der Waals surface area contributed by atoms with Crippen molar-refractivity contribution in [1.29, 1.82) is 0 Å². The summed E-state index contributed by atoms with van der Waals surface area (Å²) >= 11 is 0. The molecule has 1 fully saturated rings. The number of amides is 1. The predicted octanol–water partition coefficient (Wildman–Crippen LogP) is 3.11. The van der Waals surface area contributed by atoms with E-state index in [9.17, 15) is 14.7 Å². The summed E-state index contributed by atoms with van der Waals surface area (Å²) in [6.07, 6.45) is 2.99. The third-order valence-corrected chi connectivity index (χ3v) is 4.69. The molecule has 1 saturated heterocycles. The first-order chi connectivity index (χ1) is 14.1. The second kappa shape index (κ2) is 7.55. The summed E-state index contributed by atoms with van der Waals surface area (Å²) in [5.41, 5.74) is 1.05. The van der Waals surface area contributed by atoms with E-state index in [0.717, 1.165) is 0 Å². The number of aromatic nitrogens is 2. The van der Waals surface area contributed by atoms with Crippen LogP contribution in [0.25, 0.3) is 5.76 Å². The van der Waals surface area contributed by atoms with E-state index < -0.39 is 17.7 Å². The van der Waals surface area contributed by atoms with Crippen molar-refractivity contribution in [3.63, 3.8) is 0 Å². The Bertz CT molecular complexity index is 1080. The number of nitrogens with zero attached hydrogens (tertiary/aromatic N) is 3. The summed E-state index contributed by atoms with van der Waals surface area (Å²) in [7, 11) is 1.54. The van der Waals surface area contributed by atoms with Gasteiger partial charge in [0, 0.05) is 18.0 Å². The van der Waals surface area contributed by atoms with Crippen LogP contribution in [-0.4, -0.2) is 33.9 Å². The van der Waals surface area contributed by atoms with Gasteiger partial charge in [0.25, 0.3) is 5.78 Å². The molecular weight excluding hydrogens is 370 g/mol. The fourth-order valence-corrected chi connectivity index (χ4v) is 3.31. The van der Waals surface area contributed by atoms with Gasteiger partial charge in [-0.15, -0.1) is 0 Å². The quantitative estimate of drug-likeness (QED) is 0.420. The van der Waals surface area contributed by atoms with Gasteiger partial charge >= 0.3 is 5.91 Å². The molecule has 0 aliphatic carbocycles. The predicted molar refractivity (Wildman–Crippen MR) is 106 cm³/mol. The molecule has 1 amide bonds. The van der Waals surface area contributed by atoms with E-state index in [2.05, 4.69) is 9.97 Å². The number of aliphatic hydroxyl groups excluding tert-OH is 1. The van der Waals surface area contributed by atoms with Crippen LogP contribution in [-0.2, 0) is 9.59 Å². The van der Waals surface area contributed by atoms with Crippen molar-refractivity contribution >= 4 is 23.4 Å². The first kappa shape index (κ1) is 18.4. The van der Waals surface area contributed by atoms with Gasteiger partial charge in [0.15, 0.2) is 0 Å². The summed E-state index contributed by atoms with van der Waals surface area (Å²) in [6, 6.07) is 16.4. The molecule has 1 N–H and O–H groups in total. The van der Waals surface area contributed by atoms with Crippen LogP contribution in [0.2, 0.25) is 0 Å². The highest BCUT2D eigenvalue weighted by molar-refractivity contribution is 6.51. The van der Waals surface area contributed by atoms with Crippen LogP contribution in [0.1, 0.15) is 17.2 Å². The topological polar surface area (TPSA) is 92.6 Å². The number of carbonyl (C=O) groups excluding carboxylic acids is 2. The maximum absolute atomic E-state index is 12.9. The lowest BCUT2D eigenvalue weighted by atomic mass is 9.95. The lowest BCUT2D eigenvalue weighted by Crippen LogP contribution is -2.31. The van der Waals surface area contributed by atoms with Crippen molar-refractivity contribution in [2.75, 3.05) is 12.0 Å². The van der Waals surface area contributed by atoms with Crippen LogP contribution >= 0.6 is 0 Å². The fraction of sp³-hybridized carbons (Fsp3) is 0.0909. The summed E-state index contributed by atoms with van der Waals surface area (Å²) in [5.74, 6) is -1.14. The van der Waals surface area contributed by atoms with E-state index in [0.29, 0.717) is 16.9 Å². The van der Waals surface area contributed by atoms with Crippen LogP contribution in [0, 0.1) is 0 Å². The lowest BCUT2D eigenvalue weighted by Gasteiger charge is -2.23. The summed E-state index contributed by atoms with van der Waals surface area (Å²) in [5, 5.41) is 11.0. The Hall–Kier alpha value is -4.00. The van der Waals surface area contributed by atoms with Crippen molar-refractivity contribution in [3.05, 3.63) is 89.8 Å². The van der Waals surface area contributed by atoms with Gasteiger partial charge in [0.05, 0.1) is 18.7 Å². The number of Topliss-reactive ketones (excluding diaryl/α,β-unsaturated/α-hetero) is 1. The van der Waals surface area contributed by atoms with Crippen molar-refractivity contribution < 1.29 is 19.4 Å². The van der Waals surface area contributed by atoms with Gasteiger partial charge in [-0.05, 0) is 35.9 Å². The molecule has 1 aromatic heterocycles. The number of hydrogen-bond donors (Lipinski definition) is 1. The molecule has 0 spiro atoms. The number of anilines is 1. The highest BCUT2D eigenvalue weighted by Gasteiger charge is 2.48. The maximum Gasteiger partial charge on any atom is 0.302 e. The molecule has 1 aliphatic rings. The number of carbonyl (C=O) groups is 2.